The maximum atomic E-state index is 13.4. The number of aliphatic hydroxyl groups excluding tert-OH is 3. The Labute approximate surface area is 271 Å². The van der Waals surface area contributed by atoms with Crippen LogP contribution in [0.2, 0.25) is 0 Å². The Balaban J connectivity index is 1.69. The maximum absolute atomic E-state index is 13.4. The summed E-state index contributed by atoms with van der Waals surface area (Å²) in [7, 11) is 0. The van der Waals surface area contributed by atoms with Crippen LogP contribution in [-0.4, -0.2) is 64.1 Å². The van der Waals surface area contributed by atoms with Crippen LogP contribution in [-0.2, 0) is 20.7 Å². The quantitative estimate of drug-likeness (QED) is 0.140. The van der Waals surface area contributed by atoms with Gasteiger partial charge in [-0.25, -0.2) is 4.79 Å². The first kappa shape index (κ1) is 36.2. The van der Waals surface area contributed by atoms with Crippen molar-refractivity contribution < 1.29 is 34.4 Å². The third kappa shape index (κ3) is 11.0. The average Bonchev–Trinajstić information content (AvgIpc) is 3.05. The molecule has 0 saturated heterocycles. The zero-order chi connectivity index (χ0) is 33.6. The van der Waals surface area contributed by atoms with E-state index in [-0.39, 0.29) is 12.3 Å². The van der Waals surface area contributed by atoms with E-state index in [1.165, 1.54) is 0 Å². The molecule has 6 atom stereocenters. The topological polar surface area (TPSA) is 157 Å². The second kappa shape index (κ2) is 18.0. The Hall–Kier alpha value is -4.25. The van der Waals surface area contributed by atoms with Crippen molar-refractivity contribution in [2.24, 2.45) is 11.8 Å². The van der Waals surface area contributed by atoms with E-state index < -0.39 is 60.3 Å². The number of nitrogens with one attached hydrogen (secondary N) is 3. The van der Waals surface area contributed by atoms with Crippen molar-refractivity contribution in [2.45, 2.75) is 77.0 Å². The number of hydrogen-bond acceptors (Lipinski definition) is 7. The third-order valence-corrected chi connectivity index (χ3v) is 7.59. The van der Waals surface area contributed by atoms with Gasteiger partial charge in [0.05, 0.1) is 12.1 Å². The summed E-state index contributed by atoms with van der Waals surface area (Å²) in [4.78, 5) is 39.3. The molecule has 6 N–H and O–H groups in total. The first-order chi connectivity index (χ1) is 22.0. The van der Waals surface area contributed by atoms with Gasteiger partial charge in [0.25, 0.3) is 11.8 Å². The largest absolute Gasteiger partial charge is 0.436 e. The van der Waals surface area contributed by atoms with Crippen molar-refractivity contribution in [1.29, 1.82) is 0 Å². The van der Waals surface area contributed by atoms with Crippen molar-refractivity contribution in [3.8, 4) is 0 Å². The minimum Gasteiger partial charge on any atom is -0.436 e. The van der Waals surface area contributed by atoms with E-state index >= 15 is 0 Å². The lowest BCUT2D eigenvalue weighted by Crippen LogP contribution is -2.56. The molecule has 10 heteroatoms. The van der Waals surface area contributed by atoms with Gasteiger partial charge in [0, 0.05) is 6.54 Å². The van der Waals surface area contributed by atoms with Gasteiger partial charge in [-0.3, -0.25) is 9.59 Å². The number of rotatable bonds is 16. The lowest BCUT2D eigenvalue weighted by Gasteiger charge is -2.32. The first-order valence-electron chi connectivity index (χ1n) is 15.7. The van der Waals surface area contributed by atoms with Crippen LogP contribution in [0.3, 0.4) is 0 Å². The molecule has 3 amide bonds. The van der Waals surface area contributed by atoms with Crippen LogP contribution in [0.1, 0.15) is 63.0 Å². The summed E-state index contributed by atoms with van der Waals surface area (Å²) in [5.74, 6) is -2.02. The third-order valence-electron chi connectivity index (χ3n) is 7.59. The second-order valence-electron chi connectivity index (χ2n) is 12.2. The Morgan fingerprint density at radius 2 is 1.26 bits per heavy atom. The highest BCUT2D eigenvalue weighted by Gasteiger charge is 2.37. The minimum atomic E-state index is -1.95. The van der Waals surface area contributed by atoms with Crippen LogP contribution >= 0.6 is 0 Å². The molecular formula is C36H47N3O7. The van der Waals surface area contributed by atoms with E-state index in [1.807, 2.05) is 50.2 Å². The van der Waals surface area contributed by atoms with Crippen LogP contribution in [0.15, 0.2) is 91.0 Å². The van der Waals surface area contributed by atoms with E-state index in [4.69, 9.17) is 4.74 Å². The molecule has 0 heterocycles. The Bertz CT molecular complexity index is 1360. The summed E-state index contributed by atoms with van der Waals surface area (Å²) in [6, 6.07) is 25.2. The van der Waals surface area contributed by atoms with Crippen LogP contribution < -0.4 is 16.0 Å². The predicted octanol–water partition coefficient (Wildman–Crippen LogP) is 3.82. The molecule has 0 aliphatic heterocycles. The van der Waals surface area contributed by atoms with Crippen molar-refractivity contribution >= 4 is 17.9 Å². The van der Waals surface area contributed by atoms with E-state index in [2.05, 4.69) is 16.0 Å². The van der Waals surface area contributed by atoms with Crippen molar-refractivity contribution in [3.05, 3.63) is 108 Å². The van der Waals surface area contributed by atoms with Gasteiger partial charge in [-0.1, -0.05) is 119 Å². The highest BCUT2D eigenvalue weighted by Crippen LogP contribution is 2.29. The highest BCUT2D eigenvalue weighted by atomic mass is 16.6. The molecule has 0 spiro atoms. The minimum absolute atomic E-state index is 0.0353. The van der Waals surface area contributed by atoms with E-state index in [9.17, 15) is 29.7 Å². The molecule has 0 radical (unpaired) electrons. The zero-order valence-corrected chi connectivity index (χ0v) is 26.9. The van der Waals surface area contributed by atoms with Crippen molar-refractivity contribution in [3.63, 3.8) is 0 Å². The van der Waals surface area contributed by atoms with Gasteiger partial charge < -0.3 is 36.0 Å². The molecule has 3 aromatic rings. The van der Waals surface area contributed by atoms with Crippen LogP contribution in [0.5, 0.6) is 0 Å². The summed E-state index contributed by atoms with van der Waals surface area (Å²) in [5, 5.41) is 41.5. The molecule has 0 bridgehead atoms. The molecule has 248 valence electrons. The number of carbonyl (C=O) groups is 3. The standard InChI is InChI=1S/C36H47N3O7/c1-23(2)22-28(38-35(44)33(24(3)4)46-36(45)37-21-20-25-14-8-5-9-15-25)31(41)32(42)34(43)39-29(26-16-10-6-11-17-26)30(40)27-18-12-7-13-19-27/h5-19,23-24,28-33,40-42H,20-22H2,1-4H3,(H,37,45)(H,38,44)(H,39,43). The van der Waals surface area contributed by atoms with Gasteiger partial charge in [0.1, 0.15) is 12.2 Å². The molecule has 46 heavy (non-hydrogen) atoms. The maximum Gasteiger partial charge on any atom is 0.407 e. The molecule has 10 nitrogen and oxygen atoms in total. The summed E-state index contributed by atoms with van der Waals surface area (Å²) in [5.41, 5.74) is 2.19. The van der Waals surface area contributed by atoms with Crippen molar-refractivity contribution in [1.82, 2.24) is 16.0 Å². The van der Waals surface area contributed by atoms with Gasteiger partial charge in [0.2, 0.25) is 0 Å². The number of carbonyl (C=O) groups excluding carboxylic acids is 3. The number of hydrogen-bond donors (Lipinski definition) is 6. The van der Waals surface area contributed by atoms with Crippen LogP contribution in [0.4, 0.5) is 4.79 Å². The van der Waals surface area contributed by atoms with Gasteiger partial charge >= 0.3 is 6.09 Å². The lowest BCUT2D eigenvalue weighted by atomic mass is 9.93. The summed E-state index contributed by atoms with van der Waals surface area (Å²) in [6.45, 7) is 7.50. The molecule has 0 aliphatic carbocycles. The highest BCUT2D eigenvalue weighted by molar-refractivity contribution is 5.85. The molecular weight excluding hydrogens is 586 g/mol. The average molecular weight is 634 g/mol. The van der Waals surface area contributed by atoms with Gasteiger partial charge in [-0.05, 0) is 41.4 Å². The number of ether oxygens (including phenoxy) is 1. The Morgan fingerprint density at radius 1 is 0.717 bits per heavy atom. The Morgan fingerprint density at radius 3 is 1.80 bits per heavy atom. The second-order valence-corrected chi connectivity index (χ2v) is 12.2. The fourth-order valence-electron chi connectivity index (χ4n) is 5.12. The molecule has 6 unspecified atom stereocenters. The molecule has 0 aromatic heterocycles. The van der Waals surface area contributed by atoms with Crippen LogP contribution in [0, 0.1) is 11.8 Å². The van der Waals surface area contributed by atoms with Gasteiger partial charge in [-0.15, -0.1) is 0 Å². The summed E-state index contributed by atoms with van der Waals surface area (Å²) in [6.07, 6.45) is -5.93. The van der Waals surface area contributed by atoms with E-state index in [1.54, 1.807) is 68.4 Å². The van der Waals surface area contributed by atoms with Gasteiger partial charge in [0.15, 0.2) is 12.2 Å². The monoisotopic (exact) mass is 633 g/mol. The summed E-state index contributed by atoms with van der Waals surface area (Å²) >= 11 is 0. The van der Waals surface area contributed by atoms with Crippen molar-refractivity contribution in [2.75, 3.05) is 6.54 Å². The normalized spacial score (nSPS) is 15.2. The molecule has 3 aromatic carbocycles. The number of benzene rings is 3. The molecule has 0 aliphatic rings. The Kier molecular flexibility index (Phi) is 14.2. The van der Waals surface area contributed by atoms with E-state index in [0.717, 1.165) is 5.56 Å². The van der Waals surface area contributed by atoms with Gasteiger partial charge in [-0.2, -0.15) is 0 Å². The fraction of sp³-hybridized carbons (Fsp3) is 0.417. The molecule has 0 fully saturated rings. The smallest absolute Gasteiger partial charge is 0.407 e. The predicted molar refractivity (Wildman–Crippen MR) is 175 cm³/mol. The SMILES string of the molecule is CC(C)CC(NC(=O)C(OC(=O)NCCc1ccccc1)C(C)C)C(O)C(O)C(=O)NC(c1ccccc1)C(O)c1ccccc1. The first-order valence-corrected chi connectivity index (χ1v) is 15.7. The fourth-order valence-corrected chi connectivity index (χ4v) is 5.12. The molecule has 0 saturated carbocycles. The zero-order valence-electron chi connectivity index (χ0n) is 26.9. The molecule has 3 rings (SSSR count). The number of alkyl carbamates (subject to hydrolysis) is 1. The number of aliphatic hydroxyl groups is 3. The van der Waals surface area contributed by atoms with Crippen LogP contribution in [0.25, 0.3) is 0 Å². The summed E-state index contributed by atoms with van der Waals surface area (Å²) < 4.78 is 5.46. The lowest BCUT2D eigenvalue weighted by molar-refractivity contribution is -0.141. The van der Waals surface area contributed by atoms with E-state index in [0.29, 0.717) is 24.1 Å². The number of amides is 3.